The van der Waals surface area contributed by atoms with E-state index in [0.717, 1.165) is 24.4 Å². The lowest BCUT2D eigenvalue weighted by Crippen LogP contribution is -2.38. The molecule has 6 heteroatoms. The lowest BCUT2D eigenvalue weighted by atomic mass is 10.1. The molecule has 0 saturated carbocycles. The monoisotopic (exact) mass is 340 g/mol. The molecular formula is C19H24N4O2. The third-order valence-electron chi connectivity index (χ3n) is 4.42. The van der Waals surface area contributed by atoms with E-state index in [1.54, 1.807) is 19.4 Å². The van der Waals surface area contributed by atoms with Crippen molar-refractivity contribution in [3.05, 3.63) is 54.2 Å². The lowest BCUT2D eigenvalue weighted by molar-refractivity contribution is 0.227. The van der Waals surface area contributed by atoms with Crippen molar-refractivity contribution in [2.24, 2.45) is 0 Å². The Morgan fingerprint density at radius 2 is 2.08 bits per heavy atom. The van der Waals surface area contributed by atoms with Gasteiger partial charge in [-0.3, -0.25) is 10.2 Å². The van der Waals surface area contributed by atoms with Crippen molar-refractivity contribution < 1.29 is 9.53 Å². The molecule has 25 heavy (non-hydrogen) atoms. The van der Waals surface area contributed by atoms with Crippen LogP contribution in [0.25, 0.3) is 0 Å². The predicted octanol–water partition coefficient (Wildman–Crippen LogP) is 3.05. The van der Waals surface area contributed by atoms with Crippen LogP contribution in [0.2, 0.25) is 0 Å². The SMILES string of the molecule is COc1cccc([C@H](CNC(=O)Nc2ccccn2)N2CCCC2)c1. The predicted molar refractivity (Wildman–Crippen MR) is 97.8 cm³/mol. The van der Waals surface area contributed by atoms with Crippen molar-refractivity contribution in [3.63, 3.8) is 0 Å². The van der Waals surface area contributed by atoms with Gasteiger partial charge in [0.2, 0.25) is 0 Å². The Kier molecular flexibility index (Phi) is 5.85. The van der Waals surface area contributed by atoms with Gasteiger partial charge in [0.15, 0.2) is 0 Å². The fourth-order valence-electron chi connectivity index (χ4n) is 3.15. The summed E-state index contributed by atoms with van der Waals surface area (Å²) in [6, 6.07) is 13.4. The molecule has 0 aliphatic carbocycles. The van der Waals surface area contributed by atoms with E-state index < -0.39 is 0 Å². The molecule has 1 saturated heterocycles. The summed E-state index contributed by atoms with van der Waals surface area (Å²) in [6.45, 7) is 2.63. The van der Waals surface area contributed by atoms with E-state index in [9.17, 15) is 4.79 Å². The van der Waals surface area contributed by atoms with Gasteiger partial charge >= 0.3 is 6.03 Å². The van der Waals surface area contributed by atoms with Gasteiger partial charge in [0.25, 0.3) is 0 Å². The summed E-state index contributed by atoms with van der Waals surface area (Å²) < 4.78 is 5.35. The Labute approximate surface area is 148 Å². The fourth-order valence-corrected chi connectivity index (χ4v) is 3.15. The van der Waals surface area contributed by atoms with Crippen molar-refractivity contribution in [2.75, 3.05) is 32.1 Å². The number of pyridine rings is 1. The molecule has 1 aromatic carbocycles. The van der Waals surface area contributed by atoms with Crippen LogP contribution in [-0.4, -0.2) is 42.7 Å². The van der Waals surface area contributed by atoms with Gasteiger partial charge in [0.1, 0.15) is 11.6 Å². The smallest absolute Gasteiger partial charge is 0.320 e. The topological polar surface area (TPSA) is 66.5 Å². The van der Waals surface area contributed by atoms with Crippen molar-refractivity contribution in [3.8, 4) is 5.75 Å². The summed E-state index contributed by atoms with van der Waals surface area (Å²) in [6.07, 6.45) is 4.04. The molecule has 1 aliphatic heterocycles. The molecule has 132 valence electrons. The van der Waals surface area contributed by atoms with Gasteiger partial charge in [-0.25, -0.2) is 9.78 Å². The molecule has 1 atom stereocenters. The second-order valence-corrected chi connectivity index (χ2v) is 6.09. The number of urea groups is 1. The van der Waals surface area contributed by atoms with Gasteiger partial charge in [-0.15, -0.1) is 0 Å². The van der Waals surface area contributed by atoms with E-state index in [0.29, 0.717) is 12.4 Å². The van der Waals surface area contributed by atoms with Gasteiger partial charge in [-0.05, 0) is 55.8 Å². The first-order chi connectivity index (χ1) is 12.3. The summed E-state index contributed by atoms with van der Waals surface area (Å²) in [5.41, 5.74) is 1.15. The number of anilines is 1. The van der Waals surface area contributed by atoms with Gasteiger partial charge in [0.05, 0.1) is 13.2 Å². The van der Waals surface area contributed by atoms with E-state index >= 15 is 0 Å². The number of amides is 2. The minimum absolute atomic E-state index is 0.132. The highest BCUT2D eigenvalue weighted by atomic mass is 16.5. The molecule has 0 radical (unpaired) electrons. The largest absolute Gasteiger partial charge is 0.497 e. The van der Waals surface area contributed by atoms with Crippen molar-refractivity contribution in [2.45, 2.75) is 18.9 Å². The van der Waals surface area contributed by atoms with Gasteiger partial charge in [-0.2, -0.15) is 0 Å². The van der Waals surface area contributed by atoms with E-state index in [2.05, 4.69) is 26.6 Å². The molecule has 0 spiro atoms. The van der Waals surface area contributed by atoms with Crippen LogP contribution in [-0.2, 0) is 0 Å². The number of nitrogens with one attached hydrogen (secondary N) is 2. The second kappa shape index (κ2) is 8.48. The maximum atomic E-state index is 12.2. The first-order valence-electron chi connectivity index (χ1n) is 8.60. The number of nitrogens with zero attached hydrogens (tertiary/aromatic N) is 2. The normalized spacial score (nSPS) is 15.6. The minimum atomic E-state index is -0.245. The Morgan fingerprint density at radius 1 is 1.24 bits per heavy atom. The number of carbonyl (C=O) groups is 1. The van der Waals surface area contributed by atoms with E-state index in [4.69, 9.17) is 4.74 Å². The Hall–Kier alpha value is -2.60. The first-order valence-corrected chi connectivity index (χ1v) is 8.60. The average molecular weight is 340 g/mol. The number of rotatable bonds is 6. The molecule has 1 fully saturated rings. The molecule has 2 N–H and O–H groups in total. The Bertz CT molecular complexity index is 687. The summed E-state index contributed by atoms with van der Waals surface area (Å²) in [5.74, 6) is 1.37. The molecular weight excluding hydrogens is 316 g/mol. The van der Waals surface area contributed by atoms with Crippen LogP contribution < -0.4 is 15.4 Å². The zero-order valence-corrected chi connectivity index (χ0v) is 14.4. The Balaban J connectivity index is 1.66. The van der Waals surface area contributed by atoms with E-state index in [1.165, 1.54) is 12.8 Å². The van der Waals surface area contributed by atoms with Crippen LogP contribution in [0.3, 0.4) is 0 Å². The highest BCUT2D eigenvalue weighted by Gasteiger charge is 2.24. The number of benzene rings is 1. The highest BCUT2D eigenvalue weighted by Crippen LogP contribution is 2.27. The van der Waals surface area contributed by atoms with Crippen LogP contribution in [0, 0.1) is 0 Å². The fraction of sp³-hybridized carbons (Fsp3) is 0.368. The summed E-state index contributed by atoms with van der Waals surface area (Å²) in [4.78, 5) is 18.7. The lowest BCUT2D eigenvalue weighted by Gasteiger charge is -2.28. The standard InChI is InChI=1S/C19H24N4O2/c1-25-16-8-6-7-15(13-16)17(23-11-4-5-12-23)14-21-19(24)22-18-9-2-3-10-20-18/h2-3,6-10,13,17H,4-5,11-12,14H2,1H3,(H2,20,21,22,24)/t17-/m0/s1. The van der Waals surface area contributed by atoms with Crippen LogP contribution in [0.1, 0.15) is 24.4 Å². The van der Waals surface area contributed by atoms with Crippen molar-refractivity contribution in [1.29, 1.82) is 0 Å². The zero-order valence-electron chi connectivity index (χ0n) is 14.4. The van der Waals surface area contributed by atoms with Gasteiger partial charge in [0, 0.05) is 12.7 Å². The molecule has 2 aromatic rings. The number of aromatic nitrogens is 1. The van der Waals surface area contributed by atoms with Crippen molar-refractivity contribution >= 4 is 11.8 Å². The average Bonchev–Trinajstić information content (AvgIpc) is 3.17. The number of hydrogen-bond donors (Lipinski definition) is 2. The number of ether oxygens (including phenoxy) is 1. The third kappa shape index (κ3) is 4.70. The molecule has 0 bridgehead atoms. The molecule has 6 nitrogen and oxygen atoms in total. The maximum Gasteiger partial charge on any atom is 0.320 e. The van der Waals surface area contributed by atoms with Crippen LogP contribution >= 0.6 is 0 Å². The highest BCUT2D eigenvalue weighted by molar-refractivity contribution is 5.88. The molecule has 1 aromatic heterocycles. The molecule has 2 heterocycles. The molecule has 3 rings (SSSR count). The number of hydrogen-bond acceptors (Lipinski definition) is 4. The van der Waals surface area contributed by atoms with Gasteiger partial charge in [-0.1, -0.05) is 18.2 Å². The number of likely N-dealkylation sites (tertiary alicyclic amines) is 1. The number of methoxy groups -OCH3 is 1. The van der Waals surface area contributed by atoms with E-state index in [-0.39, 0.29) is 12.1 Å². The zero-order chi connectivity index (χ0) is 17.5. The molecule has 2 amide bonds. The minimum Gasteiger partial charge on any atom is -0.497 e. The van der Waals surface area contributed by atoms with Crippen LogP contribution in [0.4, 0.5) is 10.6 Å². The summed E-state index contributed by atoms with van der Waals surface area (Å²) in [5, 5.41) is 5.73. The quantitative estimate of drug-likeness (QED) is 0.848. The maximum absolute atomic E-state index is 12.2. The molecule has 0 unspecified atom stereocenters. The van der Waals surface area contributed by atoms with Crippen molar-refractivity contribution in [1.82, 2.24) is 15.2 Å². The third-order valence-corrected chi connectivity index (χ3v) is 4.42. The first kappa shape index (κ1) is 17.2. The Morgan fingerprint density at radius 3 is 2.80 bits per heavy atom. The summed E-state index contributed by atoms with van der Waals surface area (Å²) in [7, 11) is 1.67. The van der Waals surface area contributed by atoms with Gasteiger partial charge < -0.3 is 10.1 Å². The number of carbonyl (C=O) groups excluding carboxylic acids is 1. The van der Waals surface area contributed by atoms with Crippen LogP contribution in [0.15, 0.2) is 48.7 Å². The molecule has 1 aliphatic rings. The summed E-state index contributed by atoms with van der Waals surface area (Å²) >= 11 is 0. The van der Waals surface area contributed by atoms with E-state index in [1.807, 2.05) is 30.3 Å². The second-order valence-electron chi connectivity index (χ2n) is 6.09. The van der Waals surface area contributed by atoms with Crippen LogP contribution in [0.5, 0.6) is 5.75 Å².